The number of carbonyl (C=O) groups excluding carboxylic acids is 3. The molecule has 3 heterocycles. The topological polar surface area (TPSA) is 98.7 Å². The van der Waals surface area contributed by atoms with Crippen molar-refractivity contribution in [2.75, 3.05) is 18.5 Å². The third-order valence-corrected chi connectivity index (χ3v) is 10.8. The smallest absolute Gasteiger partial charge is 0.248 e. The van der Waals surface area contributed by atoms with Crippen molar-refractivity contribution in [3.63, 3.8) is 0 Å². The molecule has 3 aliphatic heterocycles. The number of rotatable bonds is 9. The number of hydrogen-bond acceptors (Lipinski definition) is 5. The summed E-state index contributed by atoms with van der Waals surface area (Å²) in [6.45, 7) is 8.29. The zero-order valence-electron chi connectivity index (χ0n) is 23.2. The summed E-state index contributed by atoms with van der Waals surface area (Å²) >= 11 is 1.65. The number of benzene rings is 2. The molecule has 3 N–H and O–H groups in total. The van der Waals surface area contributed by atoms with Gasteiger partial charge in [0.05, 0.1) is 29.2 Å². The van der Waals surface area contributed by atoms with E-state index in [9.17, 15) is 19.5 Å². The zero-order valence-corrected chi connectivity index (χ0v) is 24.0. The molecular weight excluding hydrogens is 510 g/mol. The lowest BCUT2D eigenvalue weighted by Crippen LogP contribution is -2.55. The Morgan fingerprint density at radius 3 is 2.56 bits per heavy atom. The summed E-state index contributed by atoms with van der Waals surface area (Å²) in [6.07, 6.45) is 2.67. The van der Waals surface area contributed by atoms with E-state index < -0.39 is 33.4 Å². The van der Waals surface area contributed by atoms with E-state index in [1.807, 2.05) is 69.3 Å². The number of amides is 3. The molecule has 0 aromatic heterocycles. The average Bonchev–Trinajstić information content (AvgIpc) is 3.49. The van der Waals surface area contributed by atoms with Crippen LogP contribution in [0.4, 0.5) is 5.69 Å². The first-order chi connectivity index (χ1) is 18.6. The molecule has 3 saturated heterocycles. The first-order valence-corrected chi connectivity index (χ1v) is 14.8. The highest BCUT2D eigenvalue weighted by molar-refractivity contribution is 8.02. The van der Waals surface area contributed by atoms with E-state index in [0.717, 1.165) is 35.2 Å². The minimum Gasteiger partial charge on any atom is -0.394 e. The monoisotopic (exact) mass is 549 g/mol. The third kappa shape index (κ3) is 4.65. The van der Waals surface area contributed by atoms with Crippen LogP contribution in [0.25, 0.3) is 0 Å². The number of carbonyl (C=O) groups is 3. The van der Waals surface area contributed by atoms with Gasteiger partial charge in [0, 0.05) is 17.0 Å². The van der Waals surface area contributed by atoms with Crippen molar-refractivity contribution in [3.8, 4) is 0 Å². The van der Waals surface area contributed by atoms with Crippen LogP contribution >= 0.6 is 11.8 Å². The Balaban J connectivity index is 1.57. The van der Waals surface area contributed by atoms with Gasteiger partial charge in [0.25, 0.3) is 0 Å². The second-order valence-corrected chi connectivity index (χ2v) is 13.5. The molecule has 8 heteroatoms. The summed E-state index contributed by atoms with van der Waals surface area (Å²) in [5.74, 6) is -1.69. The minimum atomic E-state index is -0.799. The Morgan fingerprint density at radius 1 is 1.13 bits per heavy atom. The highest BCUT2D eigenvalue weighted by Crippen LogP contribution is 2.71. The Kier molecular flexibility index (Phi) is 7.55. The van der Waals surface area contributed by atoms with Gasteiger partial charge in [-0.1, -0.05) is 49.4 Å². The Morgan fingerprint density at radius 2 is 1.87 bits per heavy atom. The molecule has 1 spiro atoms. The molecule has 7 nitrogen and oxygen atoms in total. The number of aryl methyl sites for hydroxylation is 2. The maximum atomic E-state index is 14.4. The predicted molar refractivity (Wildman–Crippen MR) is 154 cm³/mol. The van der Waals surface area contributed by atoms with Gasteiger partial charge in [0.1, 0.15) is 6.04 Å². The van der Waals surface area contributed by atoms with Crippen LogP contribution in [0, 0.1) is 25.7 Å². The fourth-order valence-electron chi connectivity index (χ4n) is 7.02. The van der Waals surface area contributed by atoms with Crippen LogP contribution in [0.2, 0.25) is 0 Å². The Labute approximate surface area is 235 Å². The highest BCUT2D eigenvalue weighted by atomic mass is 32.2. The summed E-state index contributed by atoms with van der Waals surface area (Å²) in [5.41, 5.74) is 3.67. The molecule has 3 fully saturated rings. The van der Waals surface area contributed by atoms with E-state index >= 15 is 0 Å². The highest BCUT2D eigenvalue weighted by Gasteiger charge is 2.77. The first-order valence-electron chi connectivity index (χ1n) is 14.0. The summed E-state index contributed by atoms with van der Waals surface area (Å²) in [4.78, 5) is 43.9. The van der Waals surface area contributed by atoms with Crippen LogP contribution in [0.15, 0.2) is 48.5 Å². The van der Waals surface area contributed by atoms with Crippen LogP contribution in [-0.4, -0.2) is 62.5 Å². The van der Waals surface area contributed by atoms with Gasteiger partial charge in [0.15, 0.2) is 0 Å². The SMILES string of the molecule is CCCNC(=O)[C@H]1[C@H]2C(=O)N([C@@H](CO)Cc3ccccc3)C(C(=O)Nc3cc(C)ccc3C)C23CC[C@]1(C)S3. The normalized spacial score (nSPS) is 29.8. The van der Waals surface area contributed by atoms with Crippen molar-refractivity contribution in [2.45, 2.75) is 75.0 Å². The van der Waals surface area contributed by atoms with Crippen molar-refractivity contribution in [2.24, 2.45) is 11.8 Å². The molecule has 2 unspecified atom stereocenters. The van der Waals surface area contributed by atoms with Crippen LogP contribution in [0.5, 0.6) is 0 Å². The lowest BCUT2D eigenvalue weighted by molar-refractivity contribution is -0.142. The maximum absolute atomic E-state index is 14.4. The maximum Gasteiger partial charge on any atom is 0.248 e. The lowest BCUT2D eigenvalue weighted by Gasteiger charge is -2.37. The van der Waals surface area contributed by atoms with Crippen LogP contribution < -0.4 is 10.6 Å². The fraction of sp³-hybridized carbons (Fsp3) is 0.516. The summed E-state index contributed by atoms with van der Waals surface area (Å²) < 4.78 is -1.15. The van der Waals surface area contributed by atoms with Gasteiger partial charge in [-0.3, -0.25) is 14.4 Å². The summed E-state index contributed by atoms with van der Waals surface area (Å²) in [7, 11) is 0. The van der Waals surface area contributed by atoms with Crippen molar-refractivity contribution < 1.29 is 19.5 Å². The molecule has 3 amide bonds. The van der Waals surface area contributed by atoms with E-state index in [4.69, 9.17) is 0 Å². The number of anilines is 1. The number of aliphatic hydroxyl groups excluding tert-OH is 1. The van der Waals surface area contributed by atoms with Crippen LogP contribution in [0.3, 0.4) is 0 Å². The van der Waals surface area contributed by atoms with E-state index in [2.05, 4.69) is 17.6 Å². The quantitative estimate of drug-likeness (QED) is 0.441. The van der Waals surface area contributed by atoms with Crippen molar-refractivity contribution in [1.29, 1.82) is 0 Å². The van der Waals surface area contributed by atoms with E-state index in [0.29, 0.717) is 19.4 Å². The molecule has 5 rings (SSSR count). The third-order valence-electron chi connectivity index (χ3n) is 8.86. The number of hydrogen-bond donors (Lipinski definition) is 3. The van der Waals surface area contributed by atoms with Crippen molar-refractivity contribution >= 4 is 35.2 Å². The van der Waals surface area contributed by atoms with E-state index in [1.54, 1.807) is 16.7 Å². The molecule has 39 heavy (non-hydrogen) atoms. The largest absolute Gasteiger partial charge is 0.394 e. The van der Waals surface area contributed by atoms with Gasteiger partial charge in [-0.15, -0.1) is 11.8 Å². The first kappa shape index (κ1) is 27.7. The summed E-state index contributed by atoms with van der Waals surface area (Å²) in [6, 6.07) is 14.3. The van der Waals surface area contributed by atoms with E-state index in [1.165, 1.54) is 0 Å². The van der Waals surface area contributed by atoms with Crippen LogP contribution in [-0.2, 0) is 20.8 Å². The second-order valence-electron chi connectivity index (χ2n) is 11.6. The van der Waals surface area contributed by atoms with Gasteiger partial charge < -0.3 is 20.6 Å². The zero-order chi connectivity index (χ0) is 27.9. The molecule has 6 atom stereocenters. The number of likely N-dealkylation sites (tertiary alicyclic amines) is 1. The van der Waals surface area contributed by atoms with Gasteiger partial charge in [-0.2, -0.15) is 0 Å². The fourth-order valence-corrected chi connectivity index (χ4v) is 9.37. The molecule has 2 aromatic carbocycles. The number of nitrogens with zero attached hydrogens (tertiary/aromatic N) is 1. The lowest BCUT2D eigenvalue weighted by atomic mass is 9.66. The number of nitrogens with one attached hydrogen (secondary N) is 2. The molecule has 0 radical (unpaired) electrons. The average molecular weight is 550 g/mol. The molecule has 0 aliphatic carbocycles. The van der Waals surface area contributed by atoms with Gasteiger partial charge >= 0.3 is 0 Å². The second kappa shape index (κ2) is 10.6. The minimum absolute atomic E-state index is 0.106. The van der Waals surface area contributed by atoms with E-state index in [-0.39, 0.29) is 24.3 Å². The molecule has 0 saturated carbocycles. The number of thioether (sulfide) groups is 1. The Hall–Kier alpha value is -2.84. The number of aliphatic hydroxyl groups is 1. The molecule has 2 bridgehead atoms. The van der Waals surface area contributed by atoms with Gasteiger partial charge in [0.2, 0.25) is 17.7 Å². The molecule has 3 aliphatic rings. The van der Waals surface area contributed by atoms with Crippen molar-refractivity contribution in [3.05, 3.63) is 65.2 Å². The predicted octanol–water partition coefficient (Wildman–Crippen LogP) is 3.85. The summed E-state index contributed by atoms with van der Waals surface area (Å²) in [5, 5.41) is 16.8. The van der Waals surface area contributed by atoms with Crippen molar-refractivity contribution in [1.82, 2.24) is 10.2 Å². The van der Waals surface area contributed by atoms with Gasteiger partial charge in [-0.05, 0) is 69.2 Å². The van der Waals surface area contributed by atoms with Crippen LogP contribution in [0.1, 0.15) is 49.8 Å². The van der Waals surface area contributed by atoms with Gasteiger partial charge in [-0.25, -0.2) is 0 Å². The number of fused-ring (bicyclic) bond motifs is 1. The molecular formula is C31H39N3O4S. The molecule has 2 aromatic rings. The Bertz CT molecular complexity index is 1270. The standard InChI is InChI=1S/C31H39N3O4S/c1-5-15-32-27(36)24-25-29(38)34(22(18-35)17-21-9-7-6-8-10-21)26(31(25)14-13-30(24,4)39-31)28(37)33-23-16-19(2)11-12-20(23)3/h6-12,16,22,24-26,35H,5,13-15,17-18H2,1-4H3,(H,32,36)(H,33,37)/t22-,24-,25+,26?,30+,31?/m1/s1. The molecule has 208 valence electrons.